The standard InChI is InChI=1S/C26H31N3O3.ClH/c1-7-17-10-9-11-18(8-2)25(17)27-24-14-21-20-13-23(32-6)22(31-5)12-19(20)16(3)15-29(21)26(30)28(24)4;/h9-14,16H,7-8,15H2,1-6H3;1H. The van der Waals surface area contributed by atoms with Crippen LogP contribution >= 0.6 is 12.4 Å². The van der Waals surface area contributed by atoms with Crippen LogP contribution in [0.4, 0.5) is 5.69 Å². The summed E-state index contributed by atoms with van der Waals surface area (Å²) in [6.07, 6.45) is 1.77. The number of ether oxygens (including phenoxy) is 2. The van der Waals surface area contributed by atoms with Crippen LogP contribution in [0, 0.1) is 0 Å². The fraction of sp³-hybridized carbons (Fsp3) is 0.385. The first-order chi connectivity index (χ1) is 15.4. The molecule has 0 N–H and O–H groups in total. The Kier molecular flexibility index (Phi) is 7.38. The first-order valence-electron chi connectivity index (χ1n) is 11.2. The quantitative estimate of drug-likeness (QED) is 0.541. The summed E-state index contributed by atoms with van der Waals surface area (Å²) in [7, 11) is 5.07. The van der Waals surface area contributed by atoms with Crippen molar-refractivity contribution in [2.24, 2.45) is 12.0 Å². The van der Waals surface area contributed by atoms with Crippen LogP contribution < -0.4 is 20.7 Å². The summed E-state index contributed by atoms with van der Waals surface area (Å²) in [5, 5.41) is 0. The molecular weight excluding hydrogens is 438 g/mol. The molecule has 7 heteroatoms. The summed E-state index contributed by atoms with van der Waals surface area (Å²) in [5.74, 6) is 1.52. The molecule has 0 fully saturated rings. The molecular formula is C26H32ClN3O3. The molecule has 1 aliphatic heterocycles. The normalized spacial score (nSPS) is 14.8. The van der Waals surface area contributed by atoms with Crippen molar-refractivity contribution >= 4 is 18.1 Å². The highest BCUT2D eigenvalue weighted by Crippen LogP contribution is 2.41. The van der Waals surface area contributed by atoms with Gasteiger partial charge in [-0.1, -0.05) is 39.0 Å². The van der Waals surface area contributed by atoms with E-state index >= 15 is 0 Å². The molecule has 0 aliphatic carbocycles. The predicted octanol–water partition coefficient (Wildman–Crippen LogP) is 4.77. The van der Waals surface area contributed by atoms with Crippen LogP contribution in [0.25, 0.3) is 11.3 Å². The van der Waals surface area contributed by atoms with Gasteiger partial charge < -0.3 is 9.47 Å². The van der Waals surface area contributed by atoms with Gasteiger partial charge in [0.05, 0.1) is 25.6 Å². The predicted molar refractivity (Wildman–Crippen MR) is 134 cm³/mol. The molecule has 0 saturated heterocycles. The van der Waals surface area contributed by atoms with Crippen molar-refractivity contribution in [3.8, 4) is 22.8 Å². The van der Waals surface area contributed by atoms with Gasteiger partial charge in [0.2, 0.25) is 0 Å². The zero-order valence-corrected chi connectivity index (χ0v) is 21.0. The van der Waals surface area contributed by atoms with Gasteiger partial charge in [-0.05, 0) is 41.7 Å². The lowest BCUT2D eigenvalue weighted by molar-refractivity contribution is 0.354. The minimum Gasteiger partial charge on any atom is -0.493 e. The molecule has 0 saturated carbocycles. The van der Waals surface area contributed by atoms with Crippen LogP contribution in [-0.4, -0.2) is 23.4 Å². The second-order valence-electron chi connectivity index (χ2n) is 8.28. The maximum Gasteiger partial charge on any atom is 0.329 e. The summed E-state index contributed by atoms with van der Waals surface area (Å²) >= 11 is 0. The van der Waals surface area contributed by atoms with Crippen LogP contribution in [-0.2, 0) is 26.4 Å². The van der Waals surface area contributed by atoms with Crippen molar-refractivity contribution in [2.45, 2.75) is 46.1 Å². The number of fused-ring (bicyclic) bond motifs is 3. The molecule has 1 aliphatic rings. The largest absolute Gasteiger partial charge is 0.493 e. The van der Waals surface area contributed by atoms with E-state index in [1.807, 2.05) is 22.8 Å². The van der Waals surface area contributed by atoms with Crippen LogP contribution in [0.1, 0.15) is 43.4 Å². The lowest BCUT2D eigenvalue weighted by Gasteiger charge is -2.28. The van der Waals surface area contributed by atoms with E-state index in [1.165, 1.54) is 11.1 Å². The van der Waals surface area contributed by atoms with Crippen molar-refractivity contribution in [3.05, 3.63) is 69.1 Å². The van der Waals surface area contributed by atoms with E-state index in [-0.39, 0.29) is 24.0 Å². The van der Waals surface area contributed by atoms with E-state index < -0.39 is 0 Å². The van der Waals surface area contributed by atoms with Crippen LogP contribution in [0.2, 0.25) is 0 Å². The third kappa shape index (κ3) is 4.20. The van der Waals surface area contributed by atoms with E-state index in [0.29, 0.717) is 23.5 Å². The van der Waals surface area contributed by atoms with E-state index in [0.717, 1.165) is 35.3 Å². The minimum atomic E-state index is -0.0689. The van der Waals surface area contributed by atoms with Crippen molar-refractivity contribution in [1.82, 2.24) is 9.13 Å². The third-order valence-corrected chi connectivity index (χ3v) is 6.43. The Morgan fingerprint density at radius 3 is 2.21 bits per heavy atom. The van der Waals surface area contributed by atoms with Crippen LogP contribution in [0.15, 0.2) is 46.2 Å². The fourth-order valence-electron chi connectivity index (χ4n) is 4.56. The number of hydrogen-bond acceptors (Lipinski definition) is 4. The molecule has 0 amide bonds. The number of hydrogen-bond donors (Lipinski definition) is 0. The molecule has 6 nitrogen and oxygen atoms in total. The zero-order chi connectivity index (χ0) is 23.0. The van der Waals surface area contributed by atoms with Gasteiger partial charge in [0.25, 0.3) is 0 Å². The Morgan fingerprint density at radius 2 is 1.64 bits per heavy atom. The van der Waals surface area contributed by atoms with Crippen LogP contribution in [0.3, 0.4) is 0 Å². The lowest BCUT2D eigenvalue weighted by Crippen LogP contribution is -2.41. The number of rotatable bonds is 5. The summed E-state index contributed by atoms with van der Waals surface area (Å²) in [6.45, 7) is 7.00. The monoisotopic (exact) mass is 469 g/mol. The second kappa shape index (κ2) is 9.87. The second-order valence-corrected chi connectivity index (χ2v) is 8.28. The maximum atomic E-state index is 13.4. The molecule has 1 atom stereocenters. The van der Waals surface area contributed by atoms with Gasteiger partial charge in [0, 0.05) is 31.1 Å². The minimum absolute atomic E-state index is 0. The Labute approximate surface area is 200 Å². The Hall–Kier alpha value is -2.99. The number of aromatic nitrogens is 2. The summed E-state index contributed by atoms with van der Waals surface area (Å²) in [5.41, 5.74) is 6.89. The summed E-state index contributed by atoms with van der Waals surface area (Å²) in [6, 6.07) is 12.3. The van der Waals surface area contributed by atoms with Gasteiger partial charge in [-0.25, -0.2) is 9.79 Å². The topological polar surface area (TPSA) is 57.8 Å². The highest BCUT2D eigenvalue weighted by molar-refractivity contribution is 5.85. The first kappa shape index (κ1) is 24.6. The molecule has 176 valence electrons. The highest BCUT2D eigenvalue weighted by Gasteiger charge is 2.26. The van der Waals surface area contributed by atoms with E-state index in [4.69, 9.17) is 14.5 Å². The Bertz CT molecular complexity index is 1290. The number of halogens is 1. The number of benzene rings is 2. The molecule has 1 aromatic heterocycles. The molecule has 0 bridgehead atoms. The number of nitrogens with zero attached hydrogens (tertiary/aromatic N) is 3. The number of methoxy groups -OCH3 is 2. The molecule has 4 rings (SSSR count). The van der Waals surface area contributed by atoms with Crippen molar-refractivity contribution < 1.29 is 9.47 Å². The fourth-order valence-corrected chi connectivity index (χ4v) is 4.56. The van der Waals surface area contributed by atoms with Crippen molar-refractivity contribution in [2.75, 3.05) is 14.2 Å². The van der Waals surface area contributed by atoms with Gasteiger partial charge >= 0.3 is 5.69 Å². The molecule has 0 spiro atoms. The maximum absolute atomic E-state index is 13.4. The van der Waals surface area contributed by atoms with Gasteiger partial charge in [0.15, 0.2) is 11.5 Å². The van der Waals surface area contributed by atoms with Gasteiger partial charge in [-0.15, -0.1) is 12.4 Å². The average molecular weight is 470 g/mol. The molecule has 1 unspecified atom stereocenters. The smallest absolute Gasteiger partial charge is 0.329 e. The summed E-state index contributed by atoms with van der Waals surface area (Å²) in [4.78, 5) is 18.4. The SMILES string of the molecule is CCc1cccc(CC)c1N=c1cc2n(c(=O)n1C)CC(C)c1cc(OC)c(OC)cc1-2.Cl. The van der Waals surface area contributed by atoms with Crippen molar-refractivity contribution in [3.63, 3.8) is 0 Å². The van der Waals surface area contributed by atoms with E-state index in [2.05, 4.69) is 39.0 Å². The van der Waals surface area contributed by atoms with Crippen LogP contribution in [0.5, 0.6) is 11.5 Å². The molecule has 2 aromatic carbocycles. The van der Waals surface area contributed by atoms with Gasteiger partial charge in [-0.3, -0.25) is 9.13 Å². The highest BCUT2D eigenvalue weighted by atomic mass is 35.5. The first-order valence-corrected chi connectivity index (χ1v) is 11.2. The Morgan fingerprint density at radius 1 is 1.03 bits per heavy atom. The number of para-hydroxylation sites is 1. The molecule has 3 aromatic rings. The zero-order valence-electron chi connectivity index (χ0n) is 20.1. The summed E-state index contributed by atoms with van der Waals surface area (Å²) < 4.78 is 14.6. The van der Waals surface area contributed by atoms with E-state index in [1.54, 1.807) is 25.8 Å². The number of aryl methyl sites for hydroxylation is 2. The average Bonchev–Trinajstić information content (AvgIpc) is 2.82. The van der Waals surface area contributed by atoms with E-state index in [9.17, 15) is 4.79 Å². The Balaban J connectivity index is 0.00000306. The lowest BCUT2D eigenvalue weighted by atomic mass is 9.89. The molecule has 33 heavy (non-hydrogen) atoms. The molecule has 2 heterocycles. The molecule has 0 radical (unpaired) electrons. The van der Waals surface area contributed by atoms with Gasteiger partial charge in [0.1, 0.15) is 5.49 Å². The van der Waals surface area contributed by atoms with Gasteiger partial charge in [-0.2, -0.15) is 0 Å². The van der Waals surface area contributed by atoms with Crippen molar-refractivity contribution in [1.29, 1.82) is 0 Å². The third-order valence-electron chi connectivity index (χ3n) is 6.43.